The molecule has 38 heavy (non-hydrogen) atoms. The summed E-state index contributed by atoms with van der Waals surface area (Å²) in [5.41, 5.74) is -2.07. The van der Waals surface area contributed by atoms with Gasteiger partial charge < -0.3 is 20.3 Å². The molecule has 2 aromatic carbocycles. The zero-order valence-corrected chi connectivity index (χ0v) is 20.9. The number of nitrogens with one attached hydrogen (secondary N) is 1. The number of benzene rings is 2. The van der Waals surface area contributed by atoms with Crippen LogP contribution in [0.2, 0.25) is 0 Å². The number of carbonyl (C=O) groups is 2. The van der Waals surface area contributed by atoms with Crippen LogP contribution in [0.3, 0.4) is 0 Å². The van der Waals surface area contributed by atoms with Gasteiger partial charge in [0.2, 0.25) is 0 Å². The molecule has 2 rings (SSSR count). The van der Waals surface area contributed by atoms with E-state index in [1.54, 1.807) is 20.8 Å². The molecule has 3 atom stereocenters. The van der Waals surface area contributed by atoms with Gasteiger partial charge in [0.25, 0.3) is 0 Å². The Morgan fingerprint density at radius 1 is 0.816 bits per heavy atom. The summed E-state index contributed by atoms with van der Waals surface area (Å²) in [5.74, 6) is -2.56. The van der Waals surface area contributed by atoms with E-state index in [-0.39, 0.29) is 18.4 Å². The first kappa shape index (κ1) is 30.9. The average Bonchev–Trinajstić information content (AvgIpc) is 2.76. The monoisotopic (exact) mass is 549 g/mol. The summed E-state index contributed by atoms with van der Waals surface area (Å²) in [6.07, 6.45) is -12.3. The molecule has 1 amide bonds. The van der Waals surface area contributed by atoms with Crippen LogP contribution in [0, 0.1) is 5.92 Å². The highest BCUT2D eigenvalue weighted by Gasteiger charge is 2.33. The first-order valence-electron chi connectivity index (χ1n) is 11.6. The number of hydrogen-bond acceptors (Lipinski definition) is 4. The van der Waals surface area contributed by atoms with Gasteiger partial charge in [-0.1, -0.05) is 24.3 Å². The molecule has 3 N–H and O–H groups in total. The lowest BCUT2D eigenvalue weighted by atomic mass is 9.89. The molecule has 0 aliphatic rings. The quantitative estimate of drug-likeness (QED) is 0.341. The molecule has 0 saturated heterocycles. The number of carboxylic acid groups (broad SMARTS) is 1. The maximum absolute atomic E-state index is 12.9. The van der Waals surface area contributed by atoms with Crippen molar-refractivity contribution in [1.82, 2.24) is 5.32 Å². The van der Waals surface area contributed by atoms with E-state index in [1.807, 2.05) is 0 Å². The summed E-state index contributed by atoms with van der Waals surface area (Å²) in [7, 11) is 0. The molecule has 6 nitrogen and oxygen atoms in total. The number of carbonyl (C=O) groups excluding carboxylic acids is 1. The van der Waals surface area contributed by atoms with Crippen LogP contribution in [0.5, 0.6) is 0 Å². The molecule has 0 aromatic heterocycles. The second-order valence-corrected chi connectivity index (χ2v) is 9.89. The topological polar surface area (TPSA) is 95.9 Å². The Morgan fingerprint density at radius 3 is 1.61 bits per heavy atom. The summed E-state index contributed by atoms with van der Waals surface area (Å²) in [6.45, 7) is 4.79. The van der Waals surface area contributed by atoms with E-state index in [1.165, 1.54) is 12.1 Å². The SMILES string of the molecule is CC(C)(C)OC(=O)N[C@H](Cc1ccc(C(F)(F)F)cc1)[C@H](O)C[C@H](Cc1ccc(C(F)(F)F)cc1)C(=O)O. The second kappa shape index (κ2) is 12.1. The van der Waals surface area contributed by atoms with Crippen molar-refractivity contribution in [1.29, 1.82) is 0 Å². The molecule has 0 aliphatic heterocycles. The van der Waals surface area contributed by atoms with Crippen molar-refractivity contribution >= 4 is 12.1 Å². The summed E-state index contributed by atoms with van der Waals surface area (Å²) >= 11 is 0. The van der Waals surface area contributed by atoms with Gasteiger partial charge in [-0.25, -0.2) is 4.79 Å². The van der Waals surface area contributed by atoms with Crippen molar-refractivity contribution in [3.8, 4) is 0 Å². The summed E-state index contributed by atoms with van der Waals surface area (Å²) in [5, 5.41) is 23.0. The first-order chi connectivity index (χ1) is 17.3. The second-order valence-electron chi connectivity index (χ2n) is 9.89. The van der Waals surface area contributed by atoms with Crippen LogP contribution < -0.4 is 5.32 Å². The molecule has 0 aliphatic carbocycles. The Labute approximate surface area is 215 Å². The van der Waals surface area contributed by atoms with Crippen LogP contribution in [0.1, 0.15) is 49.4 Å². The zero-order valence-electron chi connectivity index (χ0n) is 20.9. The summed E-state index contributed by atoms with van der Waals surface area (Å²) in [4.78, 5) is 24.2. The Morgan fingerprint density at radius 2 is 1.24 bits per heavy atom. The average molecular weight is 550 g/mol. The zero-order chi connectivity index (χ0) is 28.9. The van der Waals surface area contributed by atoms with Crippen LogP contribution >= 0.6 is 0 Å². The van der Waals surface area contributed by atoms with Gasteiger partial charge in [-0.2, -0.15) is 26.3 Å². The number of hydrogen-bond donors (Lipinski definition) is 3. The van der Waals surface area contributed by atoms with E-state index in [9.17, 15) is 46.1 Å². The minimum Gasteiger partial charge on any atom is -0.481 e. The number of amides is 1. The van der Waals surface area contributed by atoms with Crippen LogP contribution in [-0.4, -0.2) is 40.0 Å². The number of aliphatic hydroxyl groups excluding tert-OH is 1. The van der Waals surface area contributed by atoms with Crippen LogP contribution in [0.25, 0.3) is 0 Å². The van der Waals surface area contributed by atoms with E-state index in [4.69, 9.17) is 4.74 Å². The number of rotatable bonds is 9. The van der Waals surface area contributed by atoms with Crippen molar-refractivity contribution in [2.45, 2.75) is 70.1 Å². The summed E-state index contributed by atoms with van der Waals surface area (Å²) in [6, 6.07) is 6.83. The highest BCUT2D eigenvalue weighted by Crippen LogP contribution is 2.31. The minimum absolute atomic E-state index is 0.148. The molecule has 210 valence electrons. The minimum atomic E-state index is -4.56. The van der Waals surface area contributed by atoms with Crippen molar-refractivity contribution in [2.24, 2.45) is 5.92 Å². The molecule has 12 heteroatoms. The number of alkyl halides is 6. The van der Waals surface area contributed by atoms with Gasteiger partial charge in [0.05, 0.1) is 29.2 Å². The third-order valence-electron chi connectivity index (χ3n) is 5.54. The van der Waals surface area contributed by atoms with E-state index >= 15 is 0 Å². The number of alkyl carbamates (subject to hydrolysis) is 1. The molecule has 0 unspecified atom stereocenters. The lowest BCUT2D eigenvalue weighted by molar-refractivity contribution is -0.143. The van der Waals surface area contributed by atoms with E-state index in [2.05, 4.69) is 5.32 Å². The molecule has 0 radical (unpaired) electrons. The van der Waals surface area contributed by atoms with E-state index < -0.39 is 65.6 Å². The van der Waals surface area contributed by atoms with Gasteiger partial charge in [0.15, 0.2) is 0 Å². The molecule has 0 bridgehead atoms. The lowest BCUT2D eigenvalue weighted by Gasteiger charge is -2.28. The van der Waals surface area contributed by atoms with Crippen LogP contribution in [0.4, 0.5) is 31.1 Å². The maximum atomic E-state index is 12.9. The number of aliphatic hydroxyl groups is 1. The molecule has 0 heterocycles. The van der Waals surface area contributed by atoms with Crippen molar-refractivity contribution in [3.05, 3.63) is 70.8 Å². The van der Waals surface area contributed by atoms with Crippen LogP contribution in [-0.2, 0) is 34.7 Å². The molecular weight excluding hydrogens is 520 g/mol. The third-order valence-corrected chi connectivity index (χ3v) is 5.54. The Bertz CT molecular complexity index is 1080. The molecule has 0 fully saturated rings. The third kappa shape index (κ3) is 9.88. The van der Waals surface area contributed by atoms with Crippen molar-refractivity contribution < 1.29 is 50.9 Å². The van der Waals surface area contributed by atoms with Gasteiger partial charge in [0.1, 0.15) is 5.60 Å². The largest absolute Gasteiger partial charge is 0.481 e. The summed E-state index contributed by atoms with van der Waals surface area (Å²) < 4.78 is 82.3. The van der Waals surface area contributed by atoms with Gasteiger partial charge >= 0.3 is 24.4 Å². The molecule has 0 spiro atoms. The van der Waals surface area contributed by atoms with Crippen LogP contribution in [0.15, 0.2) is 48.5 Å². The Hall–Kier alpha value is -3.28. The Balaban J connectivity index is 2.22. The number of ether oxygens (including phenoxy) is 1. The molecule has 2 aromatic rings. The van der Waals surface area contributed by atoms with Crippen molar-refractivity contribution in [3.63, 3.8) is 0 Å². The fourth-order valence-corrected chi connectivity index (χ4v) is 3.67. The van der Waals surface area contributed by atoms with Gasteiger partial charge in [-0.3, -0.25) is 4.79 Å². The fourth-order valence-electron chi connectivity index (χ4n) is 3.67. The van der Waals surface area contributed by atoms with E-state index in [0.29, 0.717) is 5.56 Å². The van der Waals surface area contributed by atoms with Crippen molar-refractivity contribution in [2.75, 3.05) is 0 Å². The maximum Gasteiger partial charge on any atom is 0.416 e. The fraction of sp³-hybridized carbons (Fsp3) is 0.462. The Kier molecular flexibility index (Phi) is 9.82. The highest BCUT2D eigenvalue weighted by atomic mass is 19.4. The number of aliphatic carboxylic acids is 1. The number of halogens is 6. The van der Waals surface area contributed by atoms with Gasteiger partial charge in [0, 0.05) is 0 Å². The molecular formula is C26H29F6NO5. The number of carboxylic acids is 1. The smallest absolute Gasteiger partial charge is 0.416 e. The lowest BCUT2D eigenvalue weighted by Crippen LogP contribution is -2.47. The predicted octanol–water partition coefficient (Wildman–Crippen LogP) is 5.85. The van der Waals surface area contributed by atoms with Gasteiger partial charge in [-0.15, -0.1) is 0 Å². The molecule has 0 saturated carbocycles. The first-order valence-corrected chi connectivity index (χ1v) is 11.6. The standard InChI is InChI=1S/C26H29F6NO5/c1-24(2,3)38-23(37)33-20(13-16-6-10-19(11-7-16)26(30,31)32)21(34)14-17(22(35)36)12-15-4-8-18(9-5-15)25(27,28)29/h4-11,17,20-21,34H,12-14H2,1-3H3,(H,33,37)(H,35,36)/t17-,20+,21+/m0/s1. The van der Waals surface area contributed by atoms with Gasteiger partial charge in [-0.05, 0) is 75.4 Å². The predicted molar refractivity (Wildman–Crippen MR) is 125 cm³/mol. The normalized spacial score (nSPS) is 14.9. The highest BCUT2D eigenvalue weighted by molar-refractivity contribution is 5.70. The van der Waals surface area contributed by atoms with E-state index in [0.717, 1.165) is 36.4 Å².